The van der Waals surface area contributed by atoms with Gasteiger partial charge < -0.3 is 9.73 Å². The highest BCUT2D eigenvalue weighted by molar-refractivity contribution is 5.96. The summed E-state index contributed by atoms with van der Waals surface area (Å²) in [6, 6.07) is 13.2. The molecule has 29 heavy (non-hydrogen) atoms. The molecule has 0 spiro atoms. The maximum atomic E-state index is 14.6. The van der Waals surface area contributed by atoms with Gasteiger partial charge in [-0.3, -0.25) is 4.79 Å². The fourth-order valence-electron chi connectivity index (χ4n) is 3.05. The van der Waals surface area contributed by atoms with E-state index in [1.807, 2.05) is 19.9 Å². The number of furan rings is 1. The molecule has 0 aliphatic carbocycles. The zero-order chi connectivity index (χ0) is 20.4. The molecule has 2 aromatic heterocycles. The van der Waals surface area contributed by atoms with Crippen molar-refractivity contribution in [2.45, 2.75) is 19.9 Å². The number of aryl methyl sites for hydroxylation is 1. The van der Waals surface area contributed by atoms with E-state index in [4.69, 9.17) is 4.42 Å². The van der Waals surface area contributed by atoms with Gasteiger partial charge in [0.25, 0.3) is 5.91 Å². The number of carbonyl (C=O) groups excluding carboxylic acids is 1. The van der Waals surface area contributed by atoms with E-state index in [2.05, 4.69) is 20.8 Å². The summed E-state index contributed by atoms with van der Waals surface area (Å²) in [7, 11) is 0. The number of amides is 1. The third-order valence-electron chi connectivity index (χ3n) is 4.55. The van der Waals surface area contributed by atoms with E-state index in [1.165, 1.54) is 17.1 Å². The van der Waals surface area contributed by atoms with Crippen molar-refractivity contribution < 1.29 is 13.6 Å². The average molecular weight is 391 g/mol. The summed E-state index contributed by atoms with van der Waals surface area (Å²) in [5, 5.41) is 14.0. The van der Waals surface area contributed by atoms with Crippen LogP contribution in [0, 0.1) is 12.7 Å². The Morgan fingerprint density at radius 1 is 1.21 bits per heavy atom. The summed E-state index contributed by atoms with van der Waals surface area (Å²) >= 11 is 0. The van der Waals surface area contributed by atoms with Gasteiger partial charge in [0.1, 0.15) is 17.9 Å². The third kappa shape index (κ3) is 3.91. The molecule has 1 N–H and O–H groups in total. The van der Waals surface area contributed by atoms with E-state index in [1.54, 1.807) is 42.7 Å². The number of tetrazole rings is 1. The van der Waals surface area contributed by atoms with Gasteiger partial charge in [0.05, 0.1) is 18.0 Å². The van der Waals surface area contributed by atoms with E-state index in [-0.39, 0.29) is 17.8 Å². The standard InChI is InChI=1S/C21H18FN5O2/c1-13-5-6-18(19(22)8-13)15-9-16(11-17(10-15)27-12-23-25-26-27)21(28)24-14(2)20-4-3-7-29-20/h3-12,14H,1-2H3,(H,24,28). The molecule has 0 aliphatic heterocycles. The summed E-state index contributed by atoms with van der Waals surface area (Å²) in [5.41, 5.74) is 2.65. The topological polar surface area (TPSA) is 85.8 Å². The Bertz CT molecular complexity index is 1140. The van der Waals surface area contributed by atoms with Crippen LogP contribution in [0.2, 0.25) is 0 Å². The SMILES string of the molecule is Cc1ccc(-c2cc(C(=O)NC(C)c3ccco3)cc(-n3cnnn3)c2)c(F)c1. The molecule has 0 saturated heterocycles. The summed E-state index contributed by atoms with van der Waals surface area (Å²) in [6.45, 7) is 3.64. The van der Waals surface area contributed by atoms with Gasteiger partial charge in [-0.15, -0.1) is 5.10 Å². The highest BCUT2D eigenvalue weighted by atomic mass is 19.1. The van der Waals surface area contributed by atoms with Crippen LogP contribution in [0.25, 0.3) is 16.8 Å². The summed E-state index contributed by atoms with van der Waals surface area (Å²) in [5.74, 6) is -0.0495. The normalized spacial score (nSPS) is 12.0. The molecule has 0 fully saturated rings. The largest absolute Gasteiger partial charge is 0.467 e. The first-order valence-corrected chi connectivity index (χ1v) is 9.00. The van der Waals surface area contributed by atoms with Crippen LogP contribution in [-0.2, 0) is 0 Å². The second-order valence-corrected chi connectivity index (χ2v) is 6.72. The second-order valence-electron chi connectivity index (χ2n) is 6.72. The molecule has 4 rings (SSSR count). The minimum atomic E-state index is -0.367. The van der Waals surface area contributed by atoms with Gasteiger partial charge in [-0.05, 0) is 71.8 Å². The van der Waals surface area contributed by atoms with E-state index in [9.17, 15) is 9.18 Å². The third-order valence-corrected chi connectivity index (χ3v) is 4.55. The highest BCUT2D eigenvalue weighted by Crippen LogP contribution is 2.27. The quantitative estimate of drug-likeness (QED) is 0.558. The predicted molar refractivity (Wildman–Crippen MR) is 104 cm³/mol. The molecule has 0 saturated carbocycles. The molecular weight excluding hydrogens is 373 g/mol. The summed E-state index contributed by atoms with van der Waals surface area (Å²) in [6.07, 6.45) is 2.96. The van der Waals surface area contributed by atoms with Gasteiger partial charge in [-0.1, -0.05) is 12.1 Å². The van der Waals surface area contributed by atoms with E-state index in [0.29, 0.717) is 28.1 Å². The van der Waals surface area contributed by atoms with Gasteiger partial charge in [0, 0.05) is 11.1 Å². The lowest BCUT2D eigenvalue weighted by Gasteiger charge is -2.14. The van der Waals surface area contributed by atoms with Crippen LogP contribution < -0.4 is 5.32 Å². The molecule has 0 radical (unpaired) electrons. The molecule has 4 aromatic rings. The molecule has 1 atom stereocenters. The Balaban J connectivity index is 1.75. The molecule has 146 valence electrons. The Morgan fingerprint density at radius 2 is 2.07 bits per heavy atom. The number of rotatable bonds is 5. The highest BCUT2D eigenvalue weighted by Gasteiger charge is 2.17. The molecule has 2 heterocycles. The van der Waals surface area contributed by atoms with Crippen molar-refractivity contribution in [1.82, 2.24) is 25.5 Å². The van der Waals surface area contributed by atoms with Gasteiger partial charge in [0.15, 0.2) is 0 Å². The van der Waals surface area contributed by atoms with Crippen LogP contribution in [0.4, 0.5) is 4.39 Å². The molecule has 7 nitrogen and oxygen atoms in total. The molecule has 0 bridgehead atoms. The number of hydrogen-bond acceptors (Lipinski definition) is 5. The lowest BCUT2D eigenvalue weighted by molar-refractivity contribution is 0.0935. The lowest BCUT2D eigenvalue weighted by Crippen LogP contribution is -2.26. The minimum Gasteiger partial charge on any atom is -0.467 e. The van der Waals surface area contributed by atoms with Crippen molar-refractivity contribution in [2.24, 2.45) is 0 Å². The Morgan fingerprint density at radius 3 is 2.76 bits per heavy atom. The first-order valence-electron chi connectivity index (χ1n) is 9.00. The monoisotopic (exact) mass is 391 g/mol. The number of halogens is 1. The van der Waals surface area contributed by atoms with E-state index in [0.717, 1.165) is 5.56 Å². The second kappa shape index (κ2) is 7.67. The first-order chi connectivity index (χ1) is 14.0. The zero-order valence-electron chi connectivity index (χ0n) is 15.8. The zero-order valence-corrected chi connectivity index (χ0v) is 15.8. The number of nitrogens with one attached hydrogen (secondary N) is 1. The predicted octanol–water partition coefficient (Wildman–Crippen LogP) is 3.86. The van der Waals surface area contributed by atoms with Crippen molar-refractivity contribution in [2.75, 3.05) is 0 Å². The van der Waals surface area contributed by atoms with Crippen LogP contribution in [-0.4, -0.2) is 26.1 Å². The van der Waals surface area contributed by atoms with Crippen molar-refractivity contribution >= 4 is 5.91 Å². The molecule has 0 aliphatic rings. The summed E-state index contributed by atoms with van der Waals surface area (Å²) < 4.78 is 21.3. The van der Waals surface area contributed by atoms with E-state index < -0.39 is 0 Å². The number of benzene rings is 2. The van der Waals surface area contributed by atoms with Crippen molar-refractivity contribution in [3.8, 4) is 16.8 Å². The maximum absolute atomic E-state index is 14.6. The Hall–Kier alpha value is -3.81. The maximum Gasteiger partial charge on any atom is 0.251 e. The number of nitrogens with zero attached hydrogens (tertiary/aromatic N) is 4. The van der Waals surface area contributed by atoms with Crippen LogP contribution in [0.15, 0.2) is 65.5 Å². The molecule has 1 amide bonds. The first kappa shape index (κ1) is 18.5. The van der Waals surface area contributed by atoms with Crippen molar-refractivity contribution in [3.05, 3.63) is 83.8 Å². The van der Waals surface area contributed by atoms with Gasteiger partial charge in [0.2, 0.25) is 0 Å². The lowest BCUT2D eigenvalue weighted by atomic mass is 9.99. The molecule has 2 aromatic carbocycles. The van der Waals surface area contributed by atoms with Gasteiger partial charge in [-0.2, -0.15) is 0 Å². The number of carbonyl (C=O) groups is 1. The van der Waals surface area contributed by atoms with Gasteiger partial charge >= 0.3 is 0 Å². The van der Waals surface area contributed by atoms with Crippen molar-refractivity contribution in [3.63, 3.8) is 0 Å². The fourth-order valence-corrected chi connectivity index (χ4v) is 3.05. The average Bonchev–Trinajstić information content (AvgIpc) is 3.41. The van der Waals surface area contributed by atoms with Crippen LogP contribution in [0.1, 0.15) is 34.6 Å². The smallest absolute Gasteiger partial charge is 0.251 e. The molecule has 8 heteroatoms. The van der Waals surface area contributed by atoms with Crippen LogP contribution in [0.5, 0.6) is 0 Å². The Labute approximate surface area is 166 Å². The number of hydrogen-bond donors (Lipinski definition) is 1. The molecular formula is C21H18FN5O2. The number of aromatic nitrogens is 4. The van der Waals surface area contributed by atoms with Crippen LogP contribution in [0.3, 0.4) is 0 Å². The molecule has 1 unspecified atom stereocenters. The van der Waals surface area contributed by atoms with Crippen molar-refractivity contribution in [1.29, 1.82) is 0 Å². The minimum absolute atomic E-state index is 0.322. The van der Waals surface area contributed by atoms with Crippen LogP contribution >= 0.6 is 0 Å². The summed E-state index contributed by atoms with van der Waals surface area (Å²) in [4.78, 5) is 12.9. The fraction of sp³-hybridized carbons (Fsp3) is 0.143. The Kier molecular flexibility index (Phi) is 4.90. The van der Waals surface area contributed by atoms with E-state index >= 15 is 0 Å². The van der Waals surface area contributed by atoms with Gasteiger partial charge in [-0.25, -0.2) is 9.07 Å².